The zero-order valence-electron chi connectivity index (χ0n) is 21.7. The Kier molecular flexibility index (Phi) is 7.22. The molecule has 2 saturated heterocycles. The summed E-state index contributed by atoms with van der Waals surface area (Å²) in [5, 5.41) is 13.0. The molecule has 2 aliphatic heterocycles. The van der Waals surface area contributed by atoms with E-state index in [1.807, 2.05) is 0 Å². The number of anilines is 1. The molecule has 1 atom stereocenters. The third-order valence-corrected chi connectivity index (χ3v) is 8.06. The molecule has 6 rings (SSSR count). The van der Waals surface area contributed by atoms with Crippen LogP contribution in [0, 0.1) is 5.92 Å². The van der Waals surface area contributed by atoms with Gasteiger partial charge in [-0.1, -0.05) is 48.5 Å². The quantitative estimate of drug-likeness (QED) is 0.367. The molecule has 6 nitrogen and oxygen atoms in total. The van der Waals surface area contributed by atoms with E-state index in [1.165, 1.54) is 48.1 Å². The van der Waals surface area contributed by atoms with E-state index in [2.05, 4.69) is 105 Å². The Balaban J connectivity index is 1.21. The van der Waals surface area contributed by atoms with E-state index in [4.69, 9.17) is 4.74 Å². The van der Waals surface area contributed by atoms with Gasteiger partial charge in [0.2, 0.25) is 0 Å². The summed E-state index contributed by atoms with van der Waals surface area (Å²) in [5.41, 5.74) is 7.15. The van der Waals surface area contributed by atoms with Gasteiger partial charge in [-0.3, -0.25) is 5.10 Å². The molecule has 37 heavy (non-hydrogen) atoms. The smallest absolute Gasteiger partial charge is 0.0999 e. The van der Waals surface area contributed by atoms with Crippen LogP contribution in [0.5, 0.6) is 0 Å². The third kappa shape index (κ3) is 5.42. The number of benzene rings is 3. The van der Waals surface area contributed by atoms with Crippen molar-refractivity contribution in [1.82, 2.24) is 20.4 Å². The number of aromatic amines is 1. The van der Waals surface area contributed by atoms with Crippen LogP contribution >= 0.6 is 0 Å². The summed E-state index contributed by atoms with van der Waals surface area (Å²) in [6.45, 7) is 6.67. The minimum absolute atomic E-state index is 0.363. The van der Waals surface area contributed by atoms with Gasteiger partial charge in [-0.2, -0.15) is 5.10 Å². The van der Waals surface area contributed by atoms with Gasteiger partial charge in [0.15, 0.2) is 0 Å². The molecule has 2 aliphatic rings. The van der Waals surface area contributed by atoms with Crippen LogP contribution in [0.25, 0.3) is 22.2 Å². The Labute approximate surface area is 219 Å². The normalized spacial score (nSPS) is 18.4. The predicted molar refractivity (Wildman–Crippen MR) is 151 cm³/mol. The lowest BCUT2D eigenvalue weighted by molar-refractivity contribution is 0.122. The lowest BCUT2D eigenvalue weighted by Gasteiger charge is -2.35. The molecule has 3 aromatic carbocycles. The molecule has 0 aliphatic carbocycles. The number of fused-ring (bicyclic) bond motifs is 1. The average Bonchev–Trinajstić information content (AvgIpc) is 3.39. The number of aromatic nitrogens is 2. The molecule has 1 unspecified atom stereocenters. The van der Waals surface area contributed by atoms with E-state index in [9.17, 15) is 0 Å². The van der Waals surface area contributed by atoms with Crippen LogP contribution < -0.4 is 10.2 Å². The zero-order chi connectivity index (χ0) is 25.0. The average molecular weight is 496 g/mol. The molecular weight excluding hydrogens is 458 g/mol. The fourth-order valence-electron chi connectivity index (χ4n) is 5.85. The van der Waals surface area contributed by atoms with Gasteiger partial charge < -0.3 is 19.9 Å². The van der Waals surface area contributed by atoms with Gasteiger partial charge in [0.05, 0.1) is 24.4 Å². The fraction of sp³-hybridized carbons (Fsp3) is 0.387. The molecule has 1 aromatic heterocycles. The number of nitrogens with one attached hydrogen (secondary N) is 2. The van der Waals surface area contributed by atoms with E-state index in [1.54, 1.807) is 0 Å². The van der Waals surface area contributed by atoms with Crippen molar-refractivity contribution in [2.24, 2.45) is 5.92 Å². The summed E-state index contributed by atoms with van der Waals surface area (Å²) in [7, 11) is 2.23. The summed E-state index contributed by atoms with van der Waals surface area (Å²) in [5.74, 6) is 0.650. The van der Waals surface area contributed by atoms with Gasteiger partial charge in [0.1, 0.15) is 0 Å². The standard InChI is InChI=1S/C31H37N5O/c1-35-15-13-26(14-16-35)30(24-5-3-2-4-6-24)32-22-23-7-12-29-28(21-23)31(34-33-29)25-8-10-27(11-9-25)36-17-19-37-20-18-36/h2-12,21,26,30,32H,13-20,22H2,1H3,(H,33,34). The first kappa shape index (κ1) is 24.2. The molecule has 0 amide bonds. The van der Waals surface area contributed by atoms with Crippen molar-refractivity contribution in [1.29, 1.82) is 0 Å². The van der Waals surface area contributed by atoms with Gasteiger partial charge in [-0.25, -0.2) is 0 Å². The van der Waals surface area contributed by atoms with Crippen LogP contribution in [0.1, 0.15) is 30.0 Å². The SMILES string of the molecule is CN1CCC(C(NCc2ccc3[nH]nc(-c4ccc(N5CCOCC5)cc4)c3c2)c2ccccc2)CC1. The van der Waals surface area contributed by atoms with Gasteiger partial charge >= 0.3 is 0 Å². The van der Waals surface area contributed by atoms with Crippen LogP contribution in [0.4, 0.5) is 5.69 Å². The Morgan fingerprint density at radius 2 is 1.70 bits per heavy atom. The summed E-state index contributed by atoms with van der Waals surface area (Å²) in [6, 6.07) is 26.8. The molecule has 0 radical (unpaired) electrons. The fourth-order valence-corrected chi connectivity index (χ4v) is 5.85. The molecule has 192 valence electrons. The maximum absolute atomic E-state index is 5.50. The largest absolute Gasteiger partial charge is 0.378 e. The highest BCUT2D eigenvalue weighted by atomic mass is 16.5. The van der Waals surface area contributed by atoms with Crippen molar-refractivity contribution in [2.75, 3.05) is 51.3 Å². The highest BCUT2D eigenvalue weighted by molar-refractivity contribution is 5.93. The maximum atomic E-state index is 5.50. The number of rotatable bonds is 7. The first-order chi connectivity index (χ1) is 18.2. The molecular formula is C31H37N5O. The van der Waals surface area contributed by atoms with Crippen molar-refractivity contribution in [3.8, 4) is 11.3 Å². The lowest BCUT2D eigenvalue weighted by atomic mass is 9.85. The molecule has 2 fully saturated rings. The number of hydrogen-bond acceptors (Lipinski definition) is 5. The molecule has 0 saturated carbocycles. The molecule has 3 heterocycles. The van der Waals surface area contributed by atoms with Crippen molar-refractivity contribution in [2.45, 2.75) is 25.4 Å². The summed E-state index contributed by atoms with van der Waals surface area (Å²) >= 11 is 0. The van der Waals surface area contributed by atoms with E-state index < -0.39 is 0 Å². The Hall–Kier alpha value is -3.19. The Bertz CT molecular complexity index is 1290. The second kappa shape index (κ2) is 11.1. The number of morpholine rings is 1. The number of ether oxygens (including phenoxy) is 1. The number of hydrogen-bond donors (Lipinski definition) is 2. The Morgan fingerprint density at radius 3 is 2.46 bits per heavy atom. The topological polar surface area (TPSA) is 56.4 Å². The molecule has 0 bridgehead atoms. The van der Waals surface area contributed by atoms with Crippen LogP contribution in [0.15, 0.2) is 72.8 Å². The van der Waals surface area contributed by atoms with Crippen molar-refractivity contribution in [3.05, 3.63) is 83.9 Å². The maximum Gasteiger partial charge on any atom is 0.0999 e. The summed E-state index contributed by atoms with van der Waals surface area (Å²) in [6.07, 6.45) is 2.46. The van der Waals surface area contributed by atoms with Crippen molar-refractivity contribution >= 4 is 16.6 Å². The predicted octanol–water partition coefficient (Wildman–Crippen LogP) is 5.24. The van der Waals surface area contributed by atoms with E-state index in [0.717, 1.165) is 49.6 Å². The highest BCUT2D eigenvalue weighted by Gasteiger charge is 2.26. The third-order valence-electron chi connectivity index (χ3n) is 8.06. The van der Waals surface area contributed by atoms with E-state index in [0.29, 0.717) is 12.0 Å². The summed E-state index contributed by atoms with van der Waals surface area (Å²) in [4.78, 5) is 4.83. The number of nitrogens with zero attached hydrogens (tertiary/aromatic N) is 3. The minimum atomic E-state index is 0.363. The monoisotopic (exact) mass is 495 g/mol. The second-order valence-corrected chi connectivity index (χ2v) is 10.5. The van der Waals surface area contributed by atoms with Gasteiger partial charge in [0, 0.05) is 42.3 Å². The number of piperidine rings is 1. The number of H-pyrrole nitrogens is 1. The molecule has 0 spiro atoms. The molecule has 6 heteroatoms. The summed E-state index contributed by atoms with van der Waals surface area (Å²) < 4.78 is 5.50. The van der Waals surface area contributed by atoms with Crippen molar-refractivity contribution in [3.63, 3.8) is 0 Å². The second-order valence-electron chi connectivity index (χ2n) is 10.5. The van der Waals surface area contributed by atoms with Crippen LogP contribution in [-0.2, 0) is 11.3 Å². The van der Waals surface area contributed by atoms with Gasteiger partial charge in [0.25, 0.3) is 0 Å². The Morgan fingerprint density at radius 1 is 0.946 bits per heavy atom. The minimum Gasteiger partial charge on any atom is -0.378 e. The van der Waals surface area contributed by atoms with Gasteiger partial charge in [-0.15, -0.1) is 0 Å². The first-order valence-electron chi connectivity index (χ1n) is 13.6. The highest BCUT2D eigenvalue weighted by Crippen LogP contribution is 2.32. The zero-order valence-corrected chi connectivity index (χ0v) is 21.7. The van der Waals surface area contributed by atoms with Gasteiger partial charge in [-0.05, 0) is 74.3 Å². The van der Waals surface area contributed by atoms with Crippen molar-refractivity contribution < 1.29 is 4.74 Å². The number of likely N-dealkylation sites (tertiary alicyclic amines) is 1. The van der Waals surface area contributed by atoms with Crippen LogP contribution in [0.3, 0.4) is 0 Å². The van der Waals surface area contributed by atoms with E-state index in [-0.39, 0.29) is 0 Å². The van der Waals surface area contributed by atoms with E-state index >= 15 is 0 Å². The molecule has 4 aromatic rings. The van der Waals surface area contributed by atoms with Crippen LogP contribution in [-0.4, -0.2) is 61.5 Å². The first-order valence-corrected chi connectivity index (χ1v) is 13.6. The van der Waals surface area contributed by atoms with Crippen LogP contribution in [0.2, 0.25) is 0 Å². The lowest BCUT2D eigenvalue weighted by Crippen LogP contribution is -2.37. The molecule has 2 N–H and O–H groups in total.